The van der Waals surface area contributed by atoms with E-state index < -0.39 is 9.84 Å². The molecule has 1 amide bonds. The lowest BCUT2D eigenvalue weighted by molar-refractivity contribution is -0.117. The van der Waals surface area contributed by atoms with E-state index >= 15 is 0 Å². The SMILES string of the molecule is COc1ccccc1N1C(=NC(=O)Cc2ccc(Cl)cc2)S[C@H]2CS(=O)(=O)C[C@H]21. The molecular weight excluding hydrogens is 432 g/mol. The van der Waals surface area contributed by atoms with Gasteiger partial charge in [-0.3, -0.25) is 4.79 Å². The van der Waals surface area contributed by atoms with Gasteiger partial charge in [0.15, 0.2) is 15.0 Å². The zero-order valence-electron chi connectivity index (χ0n) is 15.6. The maximum Gasteiger partial charge on any atom is 0.252 e. The van der Waals surface area contributed by atoms with Gasteiger partial charge in [-0.2, -0.15) is 4.99 Å². The van der Waals surface area contributed by atoms with Crippen molar-refractivity contribution in [2.24, 2.45) is 4.99 Å². The highest BCUT2D eigenvalue weighted by molar-refractivity contribution is 8.16. The van der Waals surface area contributed by atoms with Crippen LogP contribution in [0.2, 0.25) is 5.02 Å². The molecule has 4 rings (SSSR count). The van der Waals surface area contributed by atoms with Gasteiger partial charge < -0.3 is 9.64 Å². The van der Waals surface area contributed by atoms with Crippen LogP contribution < -0.4 is 9.64 Å². The van der Waals surface area contributed by atoms with Crippen molar-refractivity contribution in [3.8, 4) is 5.75 Å². The number of aliphatic imine (C=N–C) groups is 1. The molecule has 2 fully saturated rings. The summed E-state index contributed by atoms with van der Waals surface area (Å²) in [6.07, 6.45) is 0.147. The van der Waals surface area contributed by atoms with Crippen LogP contribution in [-0.2, 0) is 21.1 Å². The van der Waals surface area contributed by atoms with Crippen molar-refractivity contribution in [1.29, 1.82) is 0 Å². The number of amidine groups is 1. The summed E-state index contributed by atoms with van der Waals surface area (Å²) in [7, 11) is -1.56. The Morgan fingerprint density at radius 2 is 1.93 bits per heavy atom. The molecular formula is C20H19ClN2O4S2. The summed E-state index contributed by atoms with van der Waals surface area (Å²) in [6.45, 7) is 0. The fourth-order valence-corrected chi connectivity index (χ4v) is 7.65. The molecule has 0 spiro atoms. The first-order chi connectivity index (χ1) is 13.9. The van der Waals surface area contributed by atoms with Crippen LogP contribution in [0.5, 0.6) is 5.75 Å². The van der Waals surface area contributed by atoms with Crippen LogP contribution in [0, 0.1) is 0 Å². The van der Waals surface area contributed by atoms with Crippen LogP contribution in [0.25, 0.3) is 0 Å². The van der Waals surface area contributed by atoms with Gasteiger partial charge >= 0.3 is 0 Å². The van der Waals surface area contributed by atoms with Crippen molar-refractivity contribution < 1.29 is 17.9 Å². The molecule has 2 aromatic carbocycles. The summed E-state index contributed by atoms with van der Waals surface area (Å²) in [6, 6.07) is 14.1. The molecule has 0 radical (unpaired) electrons. The van der Waals surface area contributed by atoms with Crippen molar-refractivity contribution >= 4 is 50.0 Å². The molecule has 0 bridgehead atoms. The zero-order valence-corrected chi connectivity index (χ0v) is 18.0. The van der Waals surface area contributed by atoms with Crippen LogP contribution in [0.3, 0.4) is 0 Å². The van der Waals surface area contributed by atoms with Crippen LogP contribution in [0.15, 0.2) is 53.5 Å². The lowest BCUT2D eigenvalue weighted by atomic mass is 10.1. The number of amides is 1. The Balaban J connectivity index is 1.66. The highest BCUT2D eigenvalue weighted by atomic mass is 35.5. The number of anilines is 1. The van der Waals surface area contributed by atoms with Crippen LogP contribution >= 0.6 is 23.4 Å². The molecule has 29 heavy (non-hydrogen) atoms. The molecule has 0 saturated carbocycles. The maximum atomic E-state index is 12.6. The summed E-state index contributed by atoms with van der Waals surface area (Å²) in [5, 5.41) is 0.959. The number of nitrogens with zero attached hydrogens (tertiary/aromatic N) is 2. The molecule has 9 heteroatoms. The second kappa shape index (κ2) is 8.01. The average Bonchev–Trinajstić information content (AvgIpc) is 3.14. The Morgan fingerprint density at radius 1 is 1.21 bits per heavy atom. The number of ether oxygens (including phenoxy) is 1. The highest BCUT2D eigenvalue weighted by Gasteiger charge is 2.50. The minimum atomic E-state index is -3.13. The number of hydrogen-bond acceptors (Lipinski definition) is 5. The first-order valence-electron chi connectivity index (χ1n) is 9.01. The Labute approximate surface area is 178 Å². The molecule has 2 aliphatic heterocycles. The fraction of sp³-hybridized carbons (Fsp3) is 0.300. The van der Waals surface area contributed by atoms with E-state index in [1.54, 1.807) is 31.4 Å². The Hall–Kier alpha value is -2.03. The molecule has 6 nitrogen and oxygen atoms in total. The third kappa shape index (κ3) is 4.29. The highest BCUT2D eigenvalue weighted by Crippen LogP contribution is 2.43. The quantitative estimate of drug-likeness (QED) is 0.712. The summed E-state index contributed by atoms with van der Waals surface area (Å²) in [4.78, 5) is 18.8. The predicted octanol–water partition coefficient (Wildman–Crippen LogP) is 3.19. The molecule has 0 aromatic heterocycles. The third-order valence-corrected chi connectivity index (χ3v) is 8.36. The molecule has 2 aromatic rings. The van der Waals surface area contributed by atoms with E-state index in [1.165, 1.54) is 11.8 Å². The second-order valence-corrected chi connectivity index (χ2v) is 10.7. The lowest BCUT2D eigenvalue weighted by Crippen LogP contribution is -2.38. The summed E-state index contributed by atoms with van der Waals surface area (Å²) in [5.41, 5.74) is 1.53. The zero-order chi connectivity index (χ0) is 20.6. The fourth-order valence-electron chi connectivity index (χ4n) is 3.60. The summed E-state index contributed by atoms with van der Waals surface area (Å²) < 4.78 is 29.8. The van der Waals surface area contributed by atoms with E-state index in [0.29, 0.717) is 21.6 Å². The van der Waals surface area contributed by atoms with Crippen LogP contribution in [0.1, 0.15) is 5.56 Å². The van der Waals surface area contributed by atoms with E-state index in [0.717, 1.165) is 5.56 Å². The van der Waals surface area contributed by atoms with Gasteiger partial charge in [-0.05, 0) is 29.8 Å². The molecule has 2 aliphatic rings. The smallest absolute Gasteiger partial charge is 0.252 e. The van der Waals surface area contributed by atoms with E-state index in [4.69, 9.17) is 16.3 Å². The minimum Gasteiger partial charge on any atom is -0.495 e. The molecule has 0 aliphatic carbocycles. The third-order valence-electron chi connectivity index (χ3n) is 4.90. The minimum absolute atomic E-state index is 0.0348. The Morgan fingerprint density at radius 3 is 2.66 bits per heavy atom. The van der Waals surface area contributed by atoms with Crippen LogP contribution in [0.4, 0.5) is 5.69 Å². The van der Waals surface area contributed by atoms with Crippen molar-refractivity contribution in [2.45, 2.75) is 17.7 Å². The van der Waals surface area contributed by atoms with Gasteiger partial charge in [0.25, 0.3) is 5.91 Å². The van der Waals surface area contributed by atoms with Crippen molar-refractivity contribution in [2.75, 3.05) is 23.5 Å². The number of sulfone groups is 1. The topological polar surface area (TPSA) is 76.0 Å². The molecule has 2 saturated heterocycles. The Bertz CT molecular complexity index is 1070. The van der Waals surface area contributed by atoms with Gasteiger partial charge in [-0.25, -0.2) is 8.42 Å². The number of hydrogen-bond donors (Lipinski definition) is 0. The average molecular weight is 451 g/mol. The van der Waals surface area contributed by atoms with Crippen molar-refractivity contribution in [3.63, 3.8) is 0 Å². The number of halogens is 1. The molecule has 2 heterocycles. The van der Waals surface area contributed by atoms with Gasteiger partial charge in [0.2, 0.25) is 0 Å². The van der Waals surface area contributed by atoms with Gasteiger partial charge in [0, 0.05) is 10.3 Å². The van der Waals surface area contributed by atoms with E-state index in [-0.39, 0.29) is 35.1 Å². The van der Waals surface area contributed by atoms with Gasteiger partial charge in [0.1, 0.15) is 5.75 Å². The van der Waals surface area contributed by atoms with E-state index in [9.17, 15) is 13.2 Å². The van der Waals surface area contributed by atoms with Crippen LogP contribution in [-0.4, -0.2) is 49.4 Å². The maximum absolute atomic E-state index is 12.6. The number of carbonyl (C=O) groups is 1. The monoisotopic (exact) mass is 450 g/mol. The van der Waals surface area contributed by atoms with E-state index in [1.807, 2.05) is 29.2 Å². The molecule has 0 unspecified atom stereocenters. The first-order valence-corrected chi connectivity index (χ1v) is 12.1. The molecule has 152 valence electrons. The largest absolute Gasteiger partial charge is 0.495 e. The Kier molecular flexibility index (Phi) is 5.59. The van der Waals surface area contributed by atoms with Crippen molar-refractivity contribution in [3.05, 3.63) is 59.1 Å². The number of carbonyl (C=O) groups excluding carboxylic acids is 1. The summed E-state index contributed by atoms with van der Waals surface area (Å²) >= 11 is 7.24. The predicted molar refractivity (Wildman–Crippen MR) is 117 cm³/mol. The van der Waals surface area contributed by atoms with Gasteiger partial charge in [0.05, 0.1) is 36.8 Å². The number of fused-ring (bicyclic) bond motifs is 1. The molecule has 2 atom stereocenters. The summed E-state index contributed by atoms with van der Waals surface area (Å²) in [5.74, 6) is 0.430. The first kappa shape index (κ1) is 20.3. The number of para-hydroxylation sites is 2. The number of methoxy groups -OCH3 is 1. The van der Waals surface area contributed by atoms with E-state index in [2.05, 4.69) is 4.99 Å². The molecule has 0 N–H and O–H groups in total. The lowest BCUT2D eigenvalue weighted by Gasteiger charge is -2.26. The second-order valence-electron chi connectivity index (χ2n) is 6.93. The number of rotatable bonds is 4. The van der Waals surface area contributed by atoms with Gasteiger partial charge in [-0.1, -0.05) is 47.6 Å². The normalized spacial score (nSPS) is 23.9. The standard InChI is InChI=1S/C20H19ClN2O4S2/c1-27-17-5-3-2-4-15(17)23-16-11-29(25,26)12-18(16)28-20(23)22-19(24)10-13-6-8-14(21)9-7-13/h2-9,16,18H,10-12H2,1H3/t16-,18+/m1/s1. The van der Waals surface area contributed by atoms with Crippen molar-refractivity contribution in [1.82, 2.24) is 0 Å². The number of thioether (sulfide) groups is 1. The van der Waals surface area contributed by atoms with Gasteiger partial charge in [-0.15, -0.1) is 0 Å². The number of benzene rings is 2.